The predicted octanol–water partition coefficient (Wildman–Crippen LogP) is 2.02. The van der Waals surface area contributed by atoms with Crippen LogP contribution in [0.4, 0.5) is 0 Å². The van der Waals surface area contributed by atoms with E-state index >= 15 is 0 Å². The molecule has 1 N–H and O–H groups in total. The molecule has 3 heteroatoms. The van der Waals surface area contributed by atoms with Crippen LogP contribution in [-0.4, -0.2) is 49.8 Å². The second kappa shape index (κ2) is 7.34. The molecule has 2 fully saturated rings. The van der Waals surface area contributed by atoms with Gasteiger partial charge in [-0.15, -0.1) is 0 Å². The summed E-state index contributed by atoms with van der Waals surface area (Å²) in [5.74, 6) is 0. The fourth-order valence-electron chi connectivity index (χ4n) is 2.96. The molecule has 0 aromatic rings. The van der Waals surface area contributed by atoms with Gasteiger partial charge in [0.05, 0.1) is 6.10 Å². The SMILES string of the molecule is CCC1CC(NCCN2CCCCC2)CCO1. The number of hydrogen-bond donors (Lipinski definition) is 1. The molecule has 2 rings (SSSR count). The van der Waals surface area contributed by atoms with Crippen LogP contribution in [0.2, 0.25) is 0 Å². The van der Waals surface area contributed by atoms with Crippen molar-refractivity contribution in [2.24, 2.45) is 0 Å². The molecular formula is C14H28N2O. The molecule has 2 unspecified atom stereocenters. The van der Waals surface area contributed by atoms with E-state index in [9.17, 15) is 0 Å². The highest BCUT2D eigenvalue weighted by Gasteiger charge is 2.20. The van der Waals surface area contributed by atoms with Crippen molar-refractivity contribution in [2.75, 3.05) is 32.8 Å². The summed E-state index contributed by atoms with van der Waals surface area (Å²) in [6, 6.07) is 0.693. The molecule has 0 saturated carbocycles. The van der Waals surface area contributed by atoms with Gasteiger partial charge in [0.1, 0.15) is 0 Å². The van der Waals surface area contributed by atoms with Gasteiger partial charge in [-0.2, -0.15) is 0 Å². The zero-order chi connectivity index (χ0) is 11.9. The third kappa shape index (κ3) is 4.57. The van der Waals surface area contributed by atoms with E-state index in [1.54, 1.807) is 0 Å². The minimum absolute atomic E-state index is 0.497. The third-order valence-corrected chi connectivity index (χ3v) is 4.13. The lowest BCUT2D eigenvalue weighted by Crippen LogP contribution is -2.43. The van der Waals surface area contributed by atoms with Crippen molar-refractivity contribution in [2.45, 2.75) is 57.6 Å². The Bertz CT molecular complexity index is 204. The van der Waals surface area contributed by atoms with Gasteiger partial charge in [0.15, 0.2) is 0 Å². The van der Waals surface area contributed by atoms with Crippen molar-refractivity contribution < 1.29 is 4.74 Å². The van der Waals surface area contributed by atoms with Crippen molar-refractivity contribution in [3.05, 3.63) is 0 Å². The molecule has 0 bridgehead atoms. The van der Waals surface area contributed by atoms with Gasteiger partial charge < -0.3 is 15.0 Å². The molecule has 2 aliphatic heterocycles. The summed E-state index contributed by atoms with van der Waals surface area (Å²) >= 11 is 0. The predicted molar refractivity (Wildman–Crippen MR) is 71.3 cm³/mol. The number of ether oxygens (including phenoxy) is 1. The lowest BCUT2D eigenvalue weighted by atomic mass is 10.0. The largest absolute Gasteiger partial charge is 0.378 e. The van der Waals surface area contributed by atoms with Gasteiger partial charge in [0.25, 0.3) is 0 Å². The minimum atomic E-state index is 0.497. The Labute approximate surface area is 106 Å². The second-order valence-electron chi connectivity index (χ2n) is 5.48. The topological polar surface area (TPSA) is 24.5 Å². The summed E-state index contributed by atoms with van der Waals surface area (Å²) in [5, 5.41) is 3.71. The van der Waals surface area contributed by atoms with E-state index in [1.807, 2.05) is 0 Å². The molecule has 17 heavy (non-hydrogen) atoms. The Morgan fingerprint density at radius 3 is 2.82 bits per heavy atom. The van der Waals surface area contributed by atoms with Crippen LogP contribution in [0.5, 0.6) is 0 Å². The first kappa shape index (κ1) is 13.3. The van der Waals surface area contributed by atoms with Gasteiger partial charge >= 0.3 is 0 Å². The number of nitrogens with one attached hydrogen (secondary N) is 1. The van der Waals surface area contributed by atoms with Crippen molar-refractivity contribution in [3.63, 3.8) is 0 Å². The van der Waals surface area contributed by atoms with E-state index < -0.39 is 0 Å². The van der Waals surface area contributed by atoms with Crippen LogP contribution in [0.1, 0.15) is 45.4 Å². The third-order valence-electron chi connectivity index (χ3n) is 4.13. The van der Waals surface area contributed by atoms with E-state index in [1.165, 1.54) is 51.7 Å². The van der Waals surface area contributed by atoms with Crippen molar-refractivity contribution in [1.82, 2.24) is 10.2 Å². The molecule has 3 nitrogen and oxygen atoms in total. The molecule has 2 heterocycles. The zero-order valence-corrected chi connectivity index (χ0v) is 11.3. The van der Waals surface area contributed by atoms with Gasteiger partial charge in [0.2, 0.25) is 0 Å². The van der Waals surface area contributed by atoms with Gasteiger partial charge in [-0.1, -0.05) is 13.3 Å². The van der Waals surface area contributed by atoms with E-state index in [0.717, 1.165) is 19.6 Å². The summed E-state index contributed by atoms with van der Waals surface area (Å²) in [4.78, 5) is 2.60. The van der Waals surface area contributed by atoms with Crippen molar-refractivity contribution in [3.8, 4) is 0 Å². The first-order chi connectivity index (χ1) is 8.38. The fourth-order valence-corrected chi connectivity index (χ4v) is 2.96. The molecule has 0 aromatic heterocycles. The zero-order valence-electron chi connectivity index (χ0n) is 11.3. The fraction of sp³-hybridized carbons (Fsp3) is 1.00. The summed E-state index contributed by atoms with van der Waals surface area (Å²) in [6.07, 6.45) is 8.28. The molecule has 2 atom stereocenters. The number of nitrogens with zero attached hydrogens (tertiary/aromatic N) is 1. The van der Waals surface area contributed by atoms with E-state index in [4.69, 9.17) is 4.74 Å². The highest BCUT2D eigenvalue weighted by Crippen LogP contribution is 2.16. The standard InChI is InChI=1S/C14H28N2O/c1-2-14-12-13(6-11-17-14)15-7-10-16-8-4-3-5-9-16/h13-15H,2-12H2,1H3. The molecule has 2 aliphatic rings. The Morgan fingerprint density at radius 2 is 2.06 bits per heavy atom. The quantitative estimate of drug-likeness (QED) is 0.795. The van der Waals surface area contributed by atoms with Gasteiger partial charge in [-0.25, -0.2) is 0 Å². The summed E-state index contributed by atoms with van der Waals surface area (Å²) in [5.41, 5.74) is 0. The van der Waals surface area contributed by atoms with Crippen LogP contribution in [0, 0.1) is 0 Å². The lowest BCUT2D eigenvalue weighted by molar-refractivity contribution is -0.000351. The highest BCUT2D eigenvalue weighted by molar-refractivity contribution is 4.77. The molecule has 0 aromatic carbocycles. The number of likely N-dealkylation sites (tertiary alicyclic amines) is 1. The molecule has 0 radical (unpaired) electrons. The van der Waals surface area contributed by atoms with Crippen LogP contribution in [0.25, 0.3) is 0 Å². The van der Waals surface area contributed by atoms with Crippen molar-refractivity contribution in [1.29, 1.82) is 0 Å². The van der Waals surface area contributed by atoms with E-state index in [2.05, 4.69) is 17.1 Å². The smallest absolute Gasteiger partial charge is 0.0587 e. The number of hydrogen-bond acceptors (Lipinski definition) is 3. The Hall–Kier alpha value is -0.120. The molecule has 0 spiro atoms. The van der Waals surface area contributed by atoms with Gasteiger partial charge in [0, 0.05) is 25.7 Å². The van der Waals surface area contributed by atoms with Crippen LogP contribution >= 0.6 is 0 Å². The highest BCUT2D eigenvalue weighted by atomic mass is 16.5. The first-order valence-corrected chi connectivity index (χ1v) is 7.46. The van der Waals surface area contributed by atoms with Crippen LogP contribution in [0.15, 0.2) is 0 Å². The summed E-state index contributed by atoms with van der Waals surface area (Å²) < 4.78 is 5.70. The Balaban J connectivity index is 1.57. The molecule has 100 valence electrons. The average molecular weight is 240 g/mol. The summed E-state index contributed by atoms with van der Waals surface area (Å²) in [6.45, 7) is 8.18. The number of piperidine rings is 1. The van der Waals surface area contributed by atoms with E-state index in [-0.39, 0.29) is 0 Å². The maximum absolute atomic E-state index is 5.70. The van der Waals surface area contributed by atoms with Crippen LogP contribution < -0.4 is 5.32 Å². The van der Waals surface area contributed by atoms with Crippen molar-refractivity contribution >= 4 is 0 Å². The van der Waals surface area contributed by atoms with Crippen LogP contribution in [0.3, 0.4) is 0 Å². The van der Waals surface area contributed by atoms with Gasteiger partial charge in [-0.05, 0) is 45.2 Å². The van der Waals surface area contributed by atoms with Crippen LogP contribution in [-0.2, 0) is 4.74 Å². The van der Waals surface area contributed by atoms with Gasteiger partial charge in [-0.3, -0.25) is 0 Å². The monoisotopic (exact) mass is 240 g/mol. The lowest BCUT2D eigenvalue weighted by Gasteiger charge is -2.31. The normalized spacial score (nSPS) is 31.6. The molecular weight excluding hydrogens is 212 g/mol. The Morgan fingerprint density at radius 1 is 1.24 bits per heavy atom. The first-order valence-electron chi connectivity index (χ1n) is 7.46. The average Bonchev–Trinajstić information content (AvgIpc) is 2.40. The minimum Gasteiger partial charge on any atom is -0.378 e. The Kier molecular flexibility index (Phi) is 5.75. The number of rotatable bonds is 5. The summed E-state index contributed by atoms with van der Waals surface area (Å²) in [7, 11) is 0. The molecule has 0 amide bonds. The van der Waals surface area contributed by atoms with E-state index in [0.29, 0.717) is 12.1 Å². The maximum atomic E-state index is 5.70. The maximum Gasteiger partial charge on any atom is 0.0587 e. The second-order valence-corrected chi connectivity index (χ2v) is 5.48. The molecule has 2 saturated heterocycles. The molecule has 0 aliphatic carbocycles.